The number of fused-ring (bicyclic) bond motifs is 4. The number of hydrogen-bond donors (Lipinski definition) is 1. The molecule has 11 rings (SSSR count). The van der Waals surface area contributed by atoms with Gasteiger partial charge in [0, 0.05) is 79.1 Å². The monoisotopic (exact) mass is 868 g/mol. The Morgan fingerprint density at radius 2 is 1.50 bits per heavy atom. The smallest absolute Gasteiger partial charge is 0.196 e. The molecule has 2 fully saturated rings. The number of oxazole rings is 1. The molecule has 3 atom stereocenters. The zero-order valence-corrected chi connectivity index (χ0v) is 37.8. The number of aromatic hydroxyl groups is 1. The van der Waals surface area contributed by atoms with Crippen LogP contribution in [0.4, 0.5) is 11.4 Å². The summed E-state index contributed by atoms with van der Waals surface area (Å²) in [6.45, 7) is 14.0. The van der Waals surface area contributed by atoms with Gasteiger partial charge in [0.1, 0.15) is 28.9 Å². The lowest BCUT2D eigenvalue weighted by molar-refractivity contribution is 0.201. The molecule has 0 spiro atoms. The minimum Gasteiger partial charge on any atom is -0.508 e. The van der Waals surface area contributed by atoms with Gasteiger partial charge in [0.15, 0.2) is 11.7 Å². The van der Waals surface area contributed by atoms with E-state index in [1.54, 1.807) is 23.8 Å². The minimum atomic E-state index is -0.280. The maximum absolute atomic E-state index is 10.3. The summed E-state index contributed by atoms with van der Waals surface area (Å²) in [4.78, 5) is 19.0. The van der Waals surface area contributed by atoms with Gasteiger partial charge in [-0.05, 0) is 123 Å². The Hall–Kier alpha value is -6.04. The summed E-state index contributed by atoms with van der Waals surface area (Å²) < 4.78 is 7.87. The van der Waals surface area contributed by atoms with Crippen molar-refractivity contribution >= 4 is 28.4 Å². The lowest BCUT2D eigenvalue weighted by Gasteiger charge is -2.40. The predicted octanol–water partition coefficient (Wildman–Crippen LogP) is 9.98. The fraction of sp³-hybridized carbons (Fsp3) is 0.358. The largest absolute Gasteiger partial charge is 0.508 e. The summed E-state index contributed by atoms with van der Waals surface area (Å²) in [5.74, 6) is 4.10. The molecule has 64 heavy (non-hydrogen) atoms. The Morgan fingerprint density at radius 1 is 0.766 bits per heavy atom. The van der Waals surface area contributed by atoms with Gasteiger partial charge in [-0.3, -0.25) is 14.5 Å². The molecule has 0 saturated carbocycles. The van der Waals surface area contributed by atoms with E-state index >= 15 is 0 Å². The van der Waals surface area contributed by atoms with Crippen LogP contribution in [0.1, 0.15) is 98.5 Å². The summed E-state index contributed by atoms with van der Waals surface area (Å²) in [5, 5.41) is 20.5. The first kappa shape index (κ1) is 40.7. The van der Waals surface area contributed by atoms with Crippen LogP contribution >= 0.6 is 11.3 Å². The highest BCUT2D eigenvalue weighted by atomic mass is 32.1. The summed E-state index contributed by atoms with van der Waals surface area (Å²) in [5.41, 5.74) is 12.5. The maximum Gasteiger partial charge on any atom is 0.196 e. The maximum atomic E-state index is 10.3. The van der Waals surface area contributed by atoms with Gasteiger partial charge < -0.3 is 19.3 Å². The molecule has 326 valence electrons. The molecule has 3 aromatic heterocycles. The highest BCUT2D eigenvalue weighted by Crippen LogP contribution is 2.47. The molecule has 2 saturated heterocycles. The van der Waals surface area contributed by atoms with Gasteiger partial charge in [-0.1, -0.05) is 60.7 Å². The Kier molecular flexibility index (Phi) is 10.9. The number of phenolic OH excluding ortho intramolecular Hbond substituents is 1. The lowest BCUT2D eigenvalue weighted by Crippen LogP contribution is -2.49. The van der Waals surface area contributed by atoms with Crippen molar-refractivity contribution in [3.8, 4) is 10.8 Å². The quantitative estimate of drug-likeness (QED) is 0.153. The normalized spacial score (nSPS) is 20.4. The summed E-state index contributed by atoms with van der Waals surface area (Å²) in [7, 11) is 0. The van der Waals surface area contributed by atoms with Crippen LogP contribution in [-0.4, -0.2) is 81.3 Å². The highest BCUT2D eigenvalue weighted by molar-refractivity contribution is 7.15. The first-order valence-electron chi connectivity index (χ1n) is 23.1. The van der Waals surface area contributed by atoms with Gasteiger partial charge in [0.2, 0.25) is 0 Å². The SMILES string of the molecule is Cc1sc2c(c1C)C(c1ccc(N3CCN(CC4CCN(c5ccc([C@@H]6c7ccc(O)cc7CCC6c6ccccc6)cc5)CC4)CC3)cc1)=N[C@H](Cc1ncco1)c1nnc(C)n1-2. The van der Waals surface area contributed by atoms with E-state index in [4.69, 9.17) is 9.41 Å². The van der Waals surface area contributed by atoms with Crippen molar-refractivity contribution in [2.24, 2.45) is 10.9 Å². The minimum absolute atomic E-state index is 0.274. The Bertz CT molecular complexity index is 2760. The van der Waals surface area contributed by atoms with Gasteiger partial charge in [-0.25, -0.2) is 4.98 Å². The number of nitrogens with zero attached hydrogens (tertiary/aromatic N) is 8. The fourth-order valence-electron chi connectivity index (χ4n) is 11.0. The average Bonchev–Trinajstić information content (AvgIpc) is 4.04. The second-order valence-electron chi connectivity index (χ2n) is 18.3. The van der Waals surface area contributed by atoms with E-state index in [0.717, 1.165) is 91.5 Å². The first-order valence-corrected chi connectivity index (χ1v) is 23.9. The van der Waals surface area contributed by atoms with Crippen molar-refractivity contribution < 1.29 is 9.52 Å². The van der Waals surface area contributed by atoms with Crippen LogP contribution in [0.2, 0.25) is 0 Å². The highest BCUT2D eigenvalue weighted by Gasteiger charge is 2.34. The van der Waals surface area contributed by atoms with Crippen LogP contribution in [0.3, 0.4) is 0 Å². The average molecular weight is 869 g/mol. The Morgan fingerprint density at radius 3 is 2.23 bits per heavy atom. The third-order valence-corrected chi connectivity index (χ3v) is 15.7. The third kappa shape index (κ3) is 7.72. The Balaban J connectivity index is 0.717. The molecule has 11 heteroatoms. The molecule has 0 amide bonds. The number of thiophene rings is 1. The van der Waals surface area contributed by atoms with E-state index in [1.165, 1.54) is 63.5 Å². The molecule has 1 N–H and O–H groups in total. The number of anilines is 2. The van der Waals surface area contributed by atoms with Crippen molar-refractivity contribution in [1.82, 2.24) is 24.6 Å². The standard InChI is InChI=1S/C53H56N8O2S/c1-34-35(2)64-53-49(34)51(55-47(32-48-54-23-30-63-48)52-57-56-36(3)61(52)53)40-11-16-43(17-12-40)60-28-26-58(27-29-60)33-37-21-24-59(25-22-37)42-14-9-39(10-15-42)50-45(38-7-5-4-6-8-38)19-13-41-31-44(62)18-20-46(41)50/h4-12,14-18,20,23,30-31,37,45,47,50,62H,13,19,21-22,24-29,32-33H2,1-3H3/t45?,47-,50+/m1/s1. The molecule has 4 aromatic carbocycles. The number of rotatable bonds is 9. The number of aliphatic imine (C=N–C) groups is 1. The van der Waals surface area contributed by atoms with E-state index in [-0.39, 0.29) is 12.0 Å². The number of benzene rings is 4. The second kappa shape index (κ2) is 17.2. The number of aromatic nitrogens is 4. The van der Waals surface area contributed by atoms with Crippen LogP contribution in [0.5, 0.6) is 5.75 Å². The van der Waals surface area contributed by atoms with Crippen LogP contribution in [0.15, 0.2) is 119 Å². The number of piperazine rings is 1. The van der Waals surface area contributed by atoms with Crippen LogP contribution < -0.4 is 9.80 Å². The number of piperidine rings is 1. The number of phenols is 1. The van der Waals surface area contributed by atoms with E-state index in [2.05, 4.69) is 133 Å². The molecular weight excluding hydrogens is 813 g/mol. The van der Waals surface area contributed by atoms with Crippen molar-refractivity contribution in [3.05, 3.63) is 171 Å². The predicted molar refractivity (Wildman–Crippen MR) is 256 cm³/mol. The summed E-state index contributed by atoms with van der Waals surface area (Å²) in [6.07, 6.45) is 8.34. The van der Waals surface area contributed by atoms with Gasteiger partial charge >= 0.3 is 0 Å². The third-order valence-electron chi connectivity index (χ3n) is 14.5. The molecule has 0 radical (unpaired) electrons. The second-order valence-corrected chi connectivity index (χ2v) is 19.5. The molecule has 10 nitrogen and oxygen atoms in total. The van der Waals surface area contributed by atoms with Gasteiger partial charge in [0.05, 0.1) is 18.3 Å². The van der Waals surface area contributed by atoms with Crippen molar-refractivity contribution in [2.75, 3.05) is 55.6 Å². The van der Waals surface area contributed by atoms with Crippen LogP contribution in [-0.2, 0) is 12.8 Å². The number of hydrogen-bond acceptors (Lipinski definition) is 10. The Labute approximate surface area is 379 Å². The van der Waals surface area contributed by atoms with Gasteiger partial charge in [-0.2, -0.15) is 0 Å². The zero-order valence-electron chi connectivity index (χ0n) is 37.0. The van der Waals surface area contributed by atoms with Crippen LogP contribution in [0, 0.1) is 26.7 Å². The molecule has 3 aliphatic heterocycles. The van der Waals surface area contributed by atoms with E-state index in [0.29, 0.717) is 24.0 Å². The molecule has 1 unspecified atom stereocenters. The van der Waals surface area contributed by atoms with E-state index in [9.17, 15) is 5.11 Å². The van der Waals surface area contributed by atoms with Gasteiger partial charge in [-0.15, -0.1) is 21.5 Å². The molecule has 7 aromatic rings. The van der Waals surface area contributed by atoms with Crippen molar-refractivity contribution in [2.45, 2.75) is 70.8 Å². The lowest BCUT2D eigenvalue weighted by atomic mass is 9.69. The molecule has 0 bridgehead atoms. The first-order chi connectivity index (χ1) is 31.3. The zero-order chi connectivity index (χ0) is 43.3. The van der Waals surface area contributed by atoms with Gasteiger partial charge in [0.25, 0.3) is 0 Å². The van der Waals surface area contributed by atoms with Crippen LogP contribution in [0.25, 0.3) is 5.00 Å². The summed E-state index contributed by atoms with van der Waals surface area (Å²) in [6, 6.07) is 35.2. The molecule has 1 aliphatic carbocycles. The van der Waals surface area contributed by atoms with Crippen molar-refractivity contribution in [3.63, 3.8) is 0 Å². The molecule has 6 heterocycles. The van der Waals surface area contributed by atoms with E-state index in [1.807, 2.05) is 19.1 Å². The summed E-state index contributed by atoms with van der Waals surface area (Å²) >= 11 is 1.78. The fourth-order valence-corrected chi connectivity index (χ4v) is 12.2. The van der Waals surface area contributed by atoms with Crippen molar-refractivity contribution in [1.29, 1.82) is 0 Å². The molecular formula is C53H56N8O2S. The topological polar surface area (TPSA) is 99.1 Å². The number of aryl methyl sites for hydroxylation is 3. The van der Waals surface area contributed by atoms with E-state index < -0.39 is 0 Å². The molecule has 4 aliphatic rings.